The number of halogens is 1. The SMILES string of the molecule is CCN1C(=O)CC(c2ccc(OCc3cccc(Cl)c3)c(OC)c2)c2c1ccc1ccccc21. The number of anilines is 1. The van der Waals surface area contributed by atoms with E-state index >= 15 is 0 Å². The summed E-state index contributed by atoms with van der Waals surface area (Å²) in [6, 6.07) is 26.1. The Bertz CT molecular complexity index is 1370. The molecule has 1 heterocycles. The first-order chi connectivity index (χ1) is 16.6. The summed E-state index contributed by atoms with van der Waals surface area (Å²) in [7, 11) is 1.64. The molecule has 4 nitrogen and oxygen atoms in total. The number of rotatable bonds is 6. The first-order valence-corrected chi connectivity index (χ1v) is 11.8. The Morgan fingerprint density at radius 3 is 2.62 bits per heavy atom. The lowest BCUT2D eigenvalue weighted by molar-refractivity contribution is -0.119. The zero-order valence-corrected chi connectivity index (χ0v) is 20.0. The number of nitrogens with zero attached hydrogens (tertiary/aromatic N) is 1. The molecule has 0 fully saturated rings. The molecule has 0 bridgehead atoms. The van der Waals surface area contributed by atoms with Crippen molar-refractivity contribution in [2.45, 2.75) is 25.9 Å². The molecule has 34 heavy (non-hydrogen) atoms. The fourth-order valence-electron chi connectivity index (χ4n) is 4.85. The van der Waals surface area contributed by atoms with Crippen LogP contribution in [0, 0.1) is 0 Å². The highest BCUT2D eigenvalue weighted by Gasteiger charge is 2.33. The van der Waals surface area contributed by atoms with Gasteiger partial charge in [0.15, 0.2) is 11.5 Å². The van der Waals surface area contributed by atoms with Gasteiger partial charge in [-0.1, -0.05) is 60.1 Å². The van der Waals surface area contributed by atoms with Crippen LogP contribution in [0.2, 0.25) is 5.02 Å². The summed E-state index contributed by atoms with van der Waals surface area (Å²) in [6.45, 7) is 3.06. The van der Waals surface area contributed by atoms with Crippen molar-refractivity contribution in [2.24, 2.45) is 0 Å². The van der Waals surface area contributed by atoms with Crippen LogP contribution in [0.4, 0.5) is 5.69 Å². The van der Waals surface area contributed by atoms with Crippen LogP contribution in [0.25, 0.3) is 10.8 Å². The molecule has 1 aliphatic rings. The zero-order chi connectivity index (χ0) is 23.7. The summed E-state index contributed by atoms with van der Waals surface area (Å²) in [5.74, 6) is 1.37. The van der Waals surface area contributed by atoms with Gasteiger partial charge in [-0.2, -0.15) is 0 Å². The van der Waals surface area contributed by atoms with E-state index in [1.165, 1.54) is 16.3 Å². The summed E-state index contributed by atoms with van der Waals surface area (Å²) in [4.78, 5) is 15.0. The molecule has 172 valence electrons. The predicted octanol–water partition coefficient (Wildman–Crippen LogP) is 6.97. The Balaban J connectivity index is 1.53. The van der Waals surface area contributed by atoms with Crippen LogP contribution in [-0.4, -0.2) is 19.6 Å². The van der Waals surface area contributed by atoms with Crippen LogP contribution in [0.15, 0.2) is 78.9 Å². The van der Waals surface area contributed by atoms with Crippen molar-refractivity contribution in [1.82, 2.24) is 0 Å². The Morgan fingerprint density at radius 1 is 0.971 bits per heavy atom. The van der Waals surface area contributed by atoms with Crippen LogP contribution < -0.4 is 14.4 Å². The topological polar surface area (TPSA) is 38.8 Å². The molecule has 0 radical (unpaired) electrons. The summed E-state index contributed by atoms with van der Waals surface area (Å²) in [5.41, 5.74) is 4.20. The molecule has 0 spiro atoms. The molecule has 1 aliphatic heterocycles. The van der Waals surface area contributed by atoms with Gasteiger partial charge in [0.25, 0.3) is 0 Å². The Hall–Kier alpha value is -3.50. The highest BCUT2D eigenvalue weighted by atomic mass is 35.5. The molecular formula is C29H26ClNO3. The van der Waals surface area contributed by atoms with E-state index in [1.807, 2.05) is 60.4 Å². The summed E-state index contributed by atoms with van der Waals surface area (Å²) >= 11 is 6.10. The van der Waals surface area contributed by atoms with Crippen LogP contribution in [0.3, 0.4) is 0 Å². The van der Waals surface area contributed by atoms with E-state index in [9.17, 15) is 4.79 Å². The predicted molar refractivity (Wildman–Crippen MR) is 137 cm³/mol. The molecule has 1 unspecified atom stereocenters. The van der Waals surface area contributed by atoms with E-state index in [0.717, 1.165) is 16.8 Å². The molecule has 0 saturated carbocycles. The standard InChI is InChI=1S/C29H26ClNO3/c1-3-31-25-13-11-20-8-4-5-10-23(20)29(25)24(17-28(31)32)21-12-14-26(27(16-21)33-2)34-18-19-7-6-9-22(30)15-19/h4-16,24H,3,17-18H2,1-2H3. The molecule has 1 atom stereocenters. The number of carbonyl (C=O) groups is 1. The van der Waals surface area contributed by atoms with Gasteiger partial charge in [-0.05, 0) is 64.7 Å². The second kappa shape index (κ2) is 9.40. The number of carbonyl (C=O) groups excluding carboxylic acids is 1. The average Bonchev–Trinajstić information content (AvgIpc) is 2.86. The third-order valence-electron chi connectivity index (χ3n) is 6.46. The fraction of sp³-hybridized carbons (Fsp3) is 0.207. The normalized spacial score (nSPS) is 15.3. The van der Waals surface area contributed by atoms with Gasteiger partial charge >= 0.3 is 0 Å². The maximum atomic E-state index is 13.1. The lowest BCUT2D eigenvalue weighted by Crippen LogP contribution is -2.36. The van der Waals surface area contributed by atoms with Crippen molar-refractivity contribution in [3.05, 3.63) is 101 Å². The molecule has 0 aliphatic carbocycles. The minimum Gasteiger partial charge on any atom is -0.493 e. The van der Waals surface area contributed by atoms with Crippen molar-refractivity contribution in [2.75, 3.05) is 18.6 Å². The summed E-state index contributed by atoms with van der Waals surface area (Å²) in [6.07, 6.45) is 0.417. The number of amides is 1. The highest BCUT2D eigenvalue weighted by molar-refractivity contribution is 6.30. The molecular weight excluding hydrogens is 446 g/mol. The number of hydrogen-bond acceptors (Lipinski definition) is 3. The van der Waals surface area contributed by atoms with Gasteiger partial charge in [0.05, 0.1) is 7.11 Å². The first kappa shape index (κ1) is 22.3. The Kier molecular flexibility index (Phi) is 6.16. The Morgan fingerprint density at radius 2 is 1.82 bits per heavy atom. The zero-order valence-electron chi connectivity index (χ0n) is 19.3. The lowest BCUT2D eigenvalue weighted by Gasteiger charge is -2.35. The fourth-order valence-corrected chi connectivity index (χ4v) is 5.06. The second-order valence-electron chi connectivity index (χ2n) is 8.44. The highest BCUT2D eigenvalue weighted by Crippen LogP contribution is 2.45. The lowest BCUT2D eigenvalue weighted by atomic mass is 9.81. The van der Waals surface area contributed by atoms with E-state index < -0.39 is 0 Å². The quantitative estimate of drug-likeness (QED) is 0.305. The smallest absolute Gasteiger partial charge is 0.227 e. The van der Waals surface area contributed by atoms with Crippen LogP contribution >= 0.6 is 11.6 Å². The second-order valence-corrected chi connectivity index (χ2v) is 8.88. The van der Waals surface area contributed by atoms with Crippen LogP contribution in [-0.2, 0) is 11.4 Å². The van der Waals surface area contributed by atoms with Gasteiger partial charge in [-0.15, -0.1) is 0 Å². The van der Waals surface area contributed by atoms with Gasteiger partial charge in [-0.25, -0.2) is 0 Å². The maximum absolute atomic E-state index is 13.1. The molecule has 1 amide bonds. The summed E-state index contributed by atoms with van der Waals surface area (Å²) < 4.78 is 11.7. The number of methoxy groups -OCH3 is 1. The monoisotopic (exact) mass is 471 g/mol. The first-order valence-electron chi connectivity index (χ1n) is 11.5. The molecule has 0 N–H and O–H groups in total. The van der Waals surface area contributed by atoms with Crippen molar-refractivity contribution in [3.63, 3.8) is 0 Å². The van der Waals surface area contributed by atoms with Gasteiger partial charge in [0, 0.05) is 29.6 Å². The molecule has 4 aromatic carbocycles. The number of hydrogen-bond donors (Lipinski definition) is 0. The third-order valence-corrected chi connectivity index (χ3v) is 6.69. The van der Waals surface area contributed by atoms with Gasteiger partial charge < -0.3 is 14.4 Å². The molecule has 4 aromatic rings. The third kappa shape index (κ3) is 4.10. The largest absolute Gasteiger partial charge is 0.493 e. The minimum absolute atomic E-state index is 0.0627. The number of benzene rings is 4. The van der Waals surface area contributed by atoms with Gasteiger partial charge in [0.1, 0.15) is 6.61 Å². The number of fused-ring (bicyclic) bond motifs is 3. The van der Waals surface area contributed by atoms with Crippen molar-refractivity contribution >= 4 is 34.0 Å². The van der Waals surface area contributed by atoms with Crippen molar-refractivity contribution in [3.8, 4) is 11.5 Å². The van der Waals surface area contributed by atoms with Crippen molar-refractivity contribution in [1.29, 1.82) is 0 Å². The molecule has 0 saturated heterocycles. The molecule has 5 rings (SSSR count). The van der Waals surface area contributed by atoms with E-state index in [0.29, 0.717) is 36.1 Å². The van der Waals surface area contributed by atoms with Crippen LogP contribution in [0.5, 0.6) is 11.5 Å². The van der Waals surface area contributed by atoms with Gasteiger partial charge in [-0.3, -0.25) is 4.79 Å². The van der Waals surface area contributed by atoms with Crippen molar-refractivity contribution < 1.29 is 14.3 Å². The molecule has 0 aromatic heterocycles. The maximum Gasteiger partial charge on any atom is 0.227 e. The van der Waals surface area contributed by atoms with E-state index in [1.54, 1.807) is 7.11 Å². The summed E-state index contributed by atoms with van der Waals surface area (Å²) in [5, 5.41) is 3.03. The Labute approximate surface area is 204 Å². The van der Waals surface area contributed by atoms with Crippen LogP contribution in [0.1, 0.15) is 36.0 Å². The van der Waals surface area contributed by atoms with Gasteiger partial charge in [0.2, 0.25) is 5.91 Å². The number of ether oxygens (including phenoxy) is 2. The van der Waals surface area contributed by atoms with E-state index in [2.05, 4.69) is 30.3 Å². The average molecular weight is 472 g/mol. The minimum atomic E-state index is -0.0627. The van der Waals surface area contributed by atoms with E-state index in [-0.39, 0.29) is 11.8 Å². The van der Waals surface area contributed by atoms with E-state index in [4.69, 9.17) is 21.1 Å². The molecule has 5 heteroatoms.